The molecule has 1 saturated heterocycles. The molecule has 0 aromatic carbocycles. The first-order chi connectivity index (χ1) is 7.13. The Morgan fingerprint density at radius 2 is 2.40 bits per heavy atom. The molecule has 4 nitrogen and oxygen atoms in total. The van der Waals surface area contributed by atoms with Crippen LogP contribution in [0.3, 0.4) is 0 Å². The smallest absolute Gasteiger partial charge is 0.234 e. The van der Waals surface area contributed by atoms with Crippen LogP contribution < -0.4 is 5.32 Å². The SMILES string of the molecule is C#CCNC(=O)CN1CC(C)OCC1C. The van der Waals surface area contributed by atoms with Crippen LogP contribution in [0.25, 0.3) is 0 Å². The van der Waals surface area contributed by atoms with Crippen LogP contribution in [-0.2, 0) is 9.53 Å². The summed E-state index contributed by atoms with van der Waals surface area (Å²) in [6.45, 7) is 6.25. The van der Waals surface area contributed by atoms with E-state index in [1.54, 1.807) is 0 Å². The van der Waals surface area contributed by atoms with Crippen molar-refractivity contribution in [2.24, 2.45) is 0 Å². The highest BCUT2D eigenvalue weighted by molar-refractivity contribution is 5.78. The van der Waals surface area contributed by atoms with Crippen molar-refractivity contribution in [3.8, 4) is 12.3 Å². The van der Waals surface area contributed by atoms with Gasteiger partial charge in [0.05, 0.1) is 25.8 Å². The van der Waals surface area contributed by atoms with E-state index in [-0.39, 0.29) is 18.1 Å². The molecule has 0 saturated carbocycles. The third kappa shape index (κ3) is 3.90. The summed E-state index contributed by atoms with van der Waals surface area (Å²) in [6.07, 6.45) is 5.26. The van der Waals surface area contributed by atoms with Crippen molar-refractivity contribution in [2.75, 3.05) is 26.2 Å². The Labute approximate surface area is 91.0 Å². The first-order valence-corrected chi connectivity index (χ1v) is 5.19. The number of nitrogens with zero attached hydrogens (tertiary/aromatic N) is 1. The Hall–Kier alpha value is -1.05. The van der Waals surface area contributed by atoms with Gasteiger partial charge in [-0.05, 0) is 13.8 Å². The number of terminal acetylenes is 1. The number of carbonyl (C=O) groups is 1. The van der Waals surface area contributed by atoms with Crippen LogP contribution in [0.4, 0.5) is 0 Å². The van der Waals surface area contributed by atoms with E-state index in [1.165, 1.54) is 0 Å². The number of morpholine rings is 1. The van der Waals surface area contributed by atoms with Gasteiger partial charge >= 0.3 is 0 Å². The number of carbonyl (C=O) groups excluding carboxylic acids is 1. The van der Waals surface area contributed by atoms with Crippen molar-refractivity contribution in [2.45, 2.75) is 26.0 Å². The van der Waals surface area contributed by atoms with Gasteiger partial charge in [-0.1, -0.05) is 5.92 Å². The average molecular weight is 210 g/mol. The number of ether oxygens (including phenoxy) is 1. The normalized spacial score (nSPS) is 27.0. The molecule has 2 unspecified atom stereocenters. The molecule has 1 rings (SSSR count). The third-order valence-electron chi connectivity index (χ3n) is 2.47. The lowest BCUT2D eigenvalue weighted by atomic mass is 10.2. The van der Waals surface area contributed by atoms with Crippen LogP contribution in [0.5, 0.6) is 0 Å². The zero-order chi connectivity index (χ0) is 11.3. The second-order valence-electron chi connectivity index (χ2n) is 3.90. The highest BCUT2D eigenvalue weighted by Crippen LogP contribution is 2.10. The second kappa shape index (κ2) is 5.74. The van der Waals surface area contributed by atoms with Crippen molar-refractivity contribution in [3.05, 3.63) is 0 Å². The fraction of sp³-hybridized carbons (Fsp3) is 0.727. The van der Waals surface area contributed by atoms with Gasteiger partial charge in [0.1, 0.15) is 0 Å². The molecule has 1 N–H and O–H groups in total. The summed E-state index contributed by atoms with van der Waals surface area (Å²) in [4.78, 5) is 13.5. The van der Waals surface area contributed by atoms with E-state index in [0.29, 0.717) is 19.7 Å². The maximum Gasteiger partial charge on any atom is 0.234 e. The zero-order valence-electron chi connectivity index (χ0n) is 9.32. The first kappa shape index (κ1) is 12.0. The van der Waals surface area contributed by atoms with Crippen molar-refractivity contribution in [1.82, 2.24) is 10.2 Å². The van der Waals surface area contributed by atoms with Crippen molar-refractivity contribution in [3.63, 3.8) is 0 Å². The predicted molar refractivity (Wildman–Crippen MR) is 58.3 cm³/mol. The van der Waals surface area contributed by atoms with Crippen LogP contribution in [-0.4, -0.2) is 49.2 Å². The topological polar surface area (TPSA) is 41.6 Å². The summed E-state index contributed by atoms with van der Waals surface area (Å²) in [5.74, 6) is 2.36. The van der Waals surface area contributed by atoms with E-state index in [9.17, 15) is 4.79 Å². The zero-order valence-corrected chi connectivity index (χ0v) is 9.32. The minimum absolute atomic E-state index is 0.0195. The minimum atomic E-state index is -0.0195. The molecule has 15 heavy (non-hydrogen) atoms. The summed E-state index contributed by atoms with van der Waals surface area (Å²) < 4.78 is 5.48. The monoisotopic (exact) mass is 210 g/mol. The summed E-state index contributed by atoms with van der Waals surface area (Å²) in [7, 11) is 0. The van der Waals surface area contributed by atoms with Gasteiger partial charge in [0.15, 0.2) is 0 Å². The van der Waals surface area contributed by atoms with Crippen LogP contribution in [0.1, 0.15) is 13.8 Å². The lowest BCUT2D eigenvalue weighted by Gasteiger charge is -2.36. The Balaban J connectivity index is 2.35. The molecular weight excluding hydrogens is 192 g/mol. The second-order valence-corrected chi connectivity index (χ2v) is 3.90. The highest BCUT2D eigenvalue weighted by atomic mass is 16.5. The van der Waals surface area contributed by atoms with Crippen LogP contribution in [0, 0.1) is 12.3 Å². The Kier molecular flexibility index (Phi) is 4.60. The molecule has 1 aliphatic heterocycles. The van der Waals surface area contributed by atoms with Gasteiger partial charge < -0.3 is 10.1 Å². The predicted octanol–water partition coefficient (Wildman–Crippen LogP) is -0.155. The standard InChI is InChI=1S/C11H18N2O2/c1-4-5-12-11(14)7-13-6-10(3)15-8-9(13)2/h1,9-10H,5-8H2,2-3H3,(H,12,14). The van der Waals surface area contributed by atoms with Crippen LogP contribution >= 0.6 is 0 Å². The molecular formula is C11H18N2O2. The highest BCUT2D eigenvalue weighted by Gasteiger charge is 2.24. The molecule has 84 valence electrons. The maximum absolute atomic E-state index is 11.4. The van der Waals surface area contributed by atoms with Gasteiger partial charge in [0.25, 0.3) is 0 Å². The van der Waals surface area contributed by atoms with Crippen molar-refractivity contribution >= 4 is 5.91 Å². The molecule has 0 aromatic heterocycles. The molecule has 1 amide bonds. The summed E-state index contributed by atoms with van der Waals surface area (Å²) in [6, 6.07) is 0.290. The summed E-state index contributed by atoms with van der Waals surface area (Å²) in [5.41, 5.74) is 0. The van der Waals surface area contributed by atoms with Gasteiger partial charge in [0.2, 0.25) is 5.91 Å². The Morgan fingerprint density at radius 3 is 3.07 bits per heavy atom. The van der Waals surface area contributed by atoms with Gasteiger partial charge in [0, 0.05) is 12.6 Å². The molecule has 4 heteroatoms. The van der Waals surface area contributed by atoms with Gasteiger partial charge in [-0.3, -0.25) is 9.69 Å². The largest absolute Gasteiger partial charge is 0.376 e. The molecule has 1 fully saturated rings. The van der Waals surface area contributed by atoms with Crippen LogP contribution in [0.2, 0.25) is 0 Å². The molecule has 0 bridgehead atoms. The number of amides is 1. The molecule has 1 heterocycles. The lowest BCUT2D eigenvalue weighted by Crippen LogP contribution is -2.50. The number of rotatable bonds is 3. The summed E-state index contributed by atoms with van der Waals surface area (Å²) in [5, 5.41) is 2.66. The third-order valence-corrected chi connectivity index (χ3v) is 2.47. The van der Waals surface area contributed by atoms with Gasteiger partial charge in [-0.15, -0.1) is 6.42 Å². The average Bonchev–Trinajstić information content (AvgIpc) is 2.20. The van der Waals surface area contributed by atoms with E-state index >= 15 is 0 Å². The number of hydrogen-bond acceptors (Lipinski definition) is 3. The van der Waals surface area contributed by atoms with E-state index in [0.717, 1.165) is 6.54 Å². The van der Waals surface area contributed by atoms with Gasteiger partial charge in [-0.2, -0.15) is 0 Å². The van der Waals surface area contributed by atoms with E-state index < -0.39 is 0 Å². The maximum atomic E-state index is 11.4. The van der Waals surface area contributed by atoms with Crippen molar-refractivity contribution < 1.29 is 9.53 Å². The minimum Gasteiger partial charge on any atom is -0.376 e. The number of hydrogen-bond donors (Lipinski definition) is 1. The molecule has 0 aliphatic carbocycles. The number of nitrogens with one attached hydrogen (secondary N) is 1. The van der Waals surface area contributed by atoms with Crippen molar-refractivity contribution in [1.29, 1.82) is 0 Å². The van der Waals surface area contributed by atoms with Crippen LogP contribution in [0.15, 0.2) is 0 Å². The molecule has 0 aromatic rings. The fourth-order valence-corrected chi connectivity index (χ4v) is 1.58. The Morgan fingerprint density at radius 1 is 1.67 bits per heavy atom. The Bertz CT molecular complexity index is 260. The van der Waals surface area contributed by atoms with E-state index in [2.05, 4.69) is 23.1 Å². The van der Waals surface area contributed by atoms with E-state index in [1.807, 2.05) is 6.92 Å². The summed E-state index contributed by atoms with van der Waals surface area (Å²) >= 11 is 0. The molecule has 0 radical (unpaired) electrons. The lowest BCUT2D eigenvalue weighted by molar-refractivity contribution is -0.125. The molecule has 1 aliphatic rings. The molecule has 2 atom stereocenters. The quantitative estimate of drug-likeness (QED) is 0.658. The van der Waals surface area contributed by atoms with Gasteiger partial charge in [-0.25, -0.2) is 0 Å². The van der Waals surface area contributed by atoms with E-state index in [4.69, 9.17) is 11.2 Å². The fourth-order valence-electron chi connectivity index (χ4n) is 1.58. The molecule has 0 spiro atoms. The first-order valence-electron chi connectivity index (χ1n) is 5.19.